The number of benzene rings is 1. The Morgan fingerprint density at radius 1 is 1.26 bits per heavy atom. The molecular formula is C19H28N2O2. The second-order valence-electron chi connectivity index (χ2n) is 7.34. The van der Waals surface area contributed by atoms with Crippen LogP contribution in [0.1, 0.15) is 43.7 Å². The molecule has 3 rings (SSSR count). The Kier molecular flexibility index (Phi) is 4.74. The van der Waals surface area contributed by atoms with Crippen molar-refractivity contribution in [3.63, 3.8) is 0 Å². The molecule has 1 aromatic carbocycles. The lowest BCUT2D eigenvalue weighted by Gasteiger charge is -2.49. The first-order valence-corrected chi connectivity index (χ1v) is 8.74. The third-order valence-electron chi connectivity index (χ3n) is 5.61. The molecule has 1 aliphatic heterocycles. The van der Waals surface area contributed by atoms with Crippen molar-refractivity contribution in [1.82, 2.24) is 9.80 Å². The average molecular weight is 316 g/mol. The van der Waals surface area contributed by atoms with E-state index in [1.54, 1.807) is 4.90 Å². The number of likely N-dealkylation sites (tertiary alicyclic amines) is 1. The highest BCUT2D eigenvalue weighted by Crippen LogP contribution is 2.41. The molecule has 1 heterocycles. The number of amides is 1. The topological polar surface area (TPSA) is 43.8 Å². The van der Waals surface area contributed by atoms with Gasteiger partial charge in [0.25, 0.3) is 0 Å². The lowest BCUT2D eigenvalue weighted by atomic mass is 9.71. The number of piperidine rings is 1. The van der Waals surface area contributed by atoms with Crippen molar-refractivity contribution < 1.29 is 9.90 Å². The van der Waals surface area contributed by atoms with Gasteiger partial charge in [0.1, 0.15) is 6.04 Å². The van der Waals surface area contributed by atoms with Gasteiger partial charge in [-0.15, -0.1) is 0 Å². The van der Waals surface area contributed by atoms with Gasteiger partial charge in [0.05, 0.1) is 5.60 Å². The molecule has 1 amide bonds. The SMILES string of the molecule is CN(C)C(=O)C(c1ccccc1)N1CCC2(O)CCCCC2C1. The standard InChI is InChI=1S/C19H28N2O2/c1-20(2)18(22)17(15-8-4-3-5-9-15)21-13-12-19(23)11-7-6-10-16(19)14-21/h3-5,8-9,16-17,23H,6-7,10-14H2,1-2H3. The number of nitrogens with zero attached hydrogens (tertiary/aromatic N) is 2. The number of aliphatic hydroxyl groups is 1. The molecule has 1 N–H and O–H groups in total. The van der Waals surface area contributed by atoms with Gasteiger partial charge in [-0.3, -0.25) is 9.69 Å². The largest absolute Gasteiger partial charge is 0.390 e. The summed E-state index contributed by atoms with van der Waals surface area (Å²) in [4.78, 5) is 16.8. The highest BCUT2D eigenvalue weighted by Gasteiger charge is 2.45. The van der Waals surface area contributed by atoms with E-state index >= 15 is 0 Å². The first-order chi connectivity index (χ1) is 11.0. The van der Waals surface area contributed by atoms with Gasteiger partial charge in [0.15, 0.2) is 0 Å². The van der Waals surface area contributed by atoms with Gasteiger partial charge in [-0.25, -0.2) is 0 Å². The molecule has 1 aliphatic carbocycles. The summed E-state index contributed by atoms with van der Waals surface area (Å²) >= 11 is 0. The zero-order valence-corrected chi connectivity index (χ0v) is 14.2. The molecular weight excluding hydrogens is 288 g/mol. The molecule has 1 saturated carbocycles. The van der Waals surface area contributed by atoms with Crippen LogP contribution in [0, 0.1) is 5.92 Å². The van der Waals surface area contributed by atoms with Gasteiger partial charge in [0, 0.05) is 33.1 Å². The highest BCUT2D eigenvalue weighted by molar-refractivity contribution is 5.82. The first kappa shape index (κ1) is 16.5. The third-order valence-corrected chi connectivity index (χ3v) is 5.61. The van der Waals surface area contributed by atoms with Crippen LogP contribution in [0.15, 0.2) is 30.3 Å². The zero-order chi connectivity index (χ0) is 16.4. The normalized spacial score (nSPS) is 29.6. The summed E-state index contributed by atoms with van der Waals surface area (Å²) in [5, 5.41) is 10.9. The van der Waals surface area contributed by atoms with E-state index in [9.17, 15) is 9.90 Å². The average Bonchev–Trinajstić information content (AvgIpc) is 2.56. The van der Waals surface area contributed by atoms with E-state index in [0.29, 0.717) is 5.92 Å². The van der Waals surface area contributed by atoms with Crippen LogP contribution in [0.2, 0.25) is 0 Å². The number of fused-ring (bicyclic) bond motifs is 1. The second kappa shape index (κ2) is 6.62. The first-order valence-electron chi connectivity index (χ1n) is 8.74. The molecule has 2 fully saturated rings. The molecule has 0 spiro atoms. The van der Waals surface area contributed by atoms with Crippen molar-refractivity contribution in [3.8, 4) is 0 Å². The molecule has 0 bridgehead atoms. The van der Waals surface area contributed by atoms with Crippen molar-refractivity contribution in [2.45, 2.75) is 43.7 Å². The van der Waals surface area contributed by atoms with E-state index < -0.39 is 5.60 Å². The van der Waals surface area contributed by atoms with Gasteiger partial charge < -0.3 is 10.0 Å². The summed E-state index contributed by atoms with van der Waals surface area (Å²) in [5.41, 5.74) is 0.546. The van der Waals surface area contributed by atoms with Gasteiger partial charge in [-0.2, -0.15) is 0 Å². The van der Waals surface area contributed by atoms with Crippen LogP contribution >= 0.6 is 0 Å². The number of carbonyl (C=O) groups is 1. The summed E-state index contributed by atoms with van der Waals surface area (Å²) in [6.45, 7) is 1.60. The third kappa shape index (κ3) is 3.29. The fourth-order valence-corrected chi connectivity index (χ4v) is 4.22. The molecule has 4 nitrogen and oxygen atoms in total. The Labute approximate surface area is 139 Å². The minimum Gasteiger partial charge on any atom is -0.390 e. The predicted octanol–water partition coefficient (Wildman–Crippen LogP) is 2.44. The number of likely N-dealkylation sites (N-methyl/N-ethyl adjacent to an activating group) is 1. The molecule has 3 atom stereocenters. The smallest absolute Gasteiger partial charge is 0.244 e. The van der Waals surface area contributed by atoms with Crippen LogP contribution in [-0.4, -0.2) is 53.6 Å². The lowest BCUT2D eigenvalue weighted by Crippen LogP contribution is -2.55. The van der Waals surface area contributed by atoms with E-state index in [-0.39, 0.29) is 11.9 Å². The van der Waals surface area contributed by atoms with Crippen molar-refractivity contribution in [1.29, 1.82) is 0 Å². The molecule has 1 aromatic rings. The summed E-state index contributed by atoms with van der Waals surface area (Å²) in [5.74, 6) is 0.420. The Hall–Kier alpha value is -1.39. The quantitative estimate of drug-likeness (QED) is 0.931. The molecule has 1 saturated heterocycles. The Bertz CT molecular complexity index is 546. The summed E-state index contributed by atoms with van der Waals surface area (Å²) in [7, 11) is 3.64. The number of hydrogen-bond donors (Lipinski definition) is 1. The van der Waals surface area contributed by atoms with Gasteiger partial charge in [-0.05, 0) is 24.8 Å². The number of rotatable bonds is 3. The van der Waals surface area contributed by atoms with E-state index in [1.807, 2.05) is 44.4 Å². The van der Waals surface area contributed by atoms with E-state index in [2.05, 4.69) is 4.90 Å². The lowest BCUT2D eigenvalue weighted by molar-refractivity contribution is -0.142. The number of carbonyl (C=O) groups excluding carboxylic acids is 1. The van der Waals surface area contributed by atoms with Crippen molar-refractivity contribution in [3.05, 3.63) is 35.9 Å². The highest BCUT2D eigenvalue weighted by atomic mass is 16.3. The molecule has 0 radical (unpaired) electrons. The van der Waals surface area contributed by atoms with Crippen molar-refractivity contribution in [2.24, 2.45) is 5.92 Å². The van der Waals surface area contributed by atoms with Crippen LogP contribution in [0.25, 0.3) is 0 Å². The Morgan fingerprint density at radius 2 is 2.00 bits per heavy atom. The van der Waals surface area contributed by atoms with Gasteiger partial charge in [-0.1, -0.05) is 43.2 Å². The number of hydrogen-bond acceptors (Lipinski definition) is 3. The van der Waals surface area contributed by atoms with Crippen LogP contribution in [0.5, 0.6) is 0 Å². The summed E-state index contributed by atoms with van der Waals surface area (Å²) < 4.78 is 0. The Balaban J connectivity index is 1.85. The fourth-order valence-electron chi connectivity index (χ4n) is 4.22. The maximum atomic E-state index is 12.8. The van der Waals surface area contributed by atoms with Crippen LogP contribution < -0.4 is 0 Å². The summed E-state index contributed by atoms with van der Waals surface area (Å²) in [6, 6.07) is 9.80. The summed E-state index contributed by atoms with van der Waals surface area (Å²) in [6.07, 6.45) is 5.10. The maximum absolute atomic E-state index is 12.8. The zero-order valence-electron chi connectivity index (χ0n) is 14.2. The second-order valence-corrected chi connectivity index (χ2v) is 7.34. The van der Waals surface area contributed by atoms with Crippen molar-refractivity contribution >= 4 is 5.91 Å². The minimum atomic E-state index is -0.503. The van der Waals surface area contributed by atoms with E-state index in [4.69, 9.17) is 0 Å². The van der Waals surface area contributed by atoms with E-state index in [0.717, 1.165) is 44.3 Å². The molecule has 126 valence electrons. The molecule has 2 aliphatic rings. The minimum absolute atomic E-state index is 0.123. The fraction of sp³-hybridized carbons (Fsp3) is 0.632. The van der Waals surface area contributed by atoms with Gasteiger partial charge >= 0.3 is 0 Å². The van der Waals surface area contributed by atoms with Crippen LogP contribution in [0.3, 0.4) is 0 Å². The monoisotopic (exact) mass is 316 g/mol. The maximum Gasteiger partial charge on any atom is 0.244 e. The van der Waals surface area contributed by atoms with E-state index in [1.165, 1.54) is 6.42 Å². The molecule has 4 heteroatoms. The molecule has 3 unspecified atom stereocenters. The van der Waals surface area contributed by atoms with Crippen LogP contribution in [-0.2, 0) is 4.79 Å². The predicted molar refractivity (Wildman–Crippen MR) is 91.0 cm³/mol. The van der Waals surface area contributed by atoms with Crippen LogP contribution in [0.4, 0.5) is 0 Å². The Morgan fingerprint density at radius 3 is 2.70 bits per heavy atom. The molecule has 0 aromatic heterocycles. The van der Waals surface area contributed by atoms with Crippen molar-refractivity contribution in [2.75, 3.05) is 27.2 Å². The van der Waals surface area contributed by atoms with Gasteiger partial charge in [0.2, 0.25) is 5.91 Å². The molecule has 23 heavy (non-hydrogen) atoms.